The van der Waals surface area contributed by atoms with E-state index in [1.165, 1.54) is 11.8 Å². The number of benzene rings is 3. The molecule has 0 aliphatic heterocycles. The number of para-hydroxylation sites is 1. The first-order valence-corrected chi connectivity index (χ1v) is 10.3. The van der Waals surface area contributed by atoms with Crippen LogP contribution in [0.3, 0.4) is 0 Å². The molecule has 0 bridgehead atoms. The van der Waals surface area contributed by atoms with E-state index >= 15 is 0 Å². The second-order valence-corrected chi connectivity index (χ2v) is 7.77. The number of thioether (sulfide) groups is 1. The van der Waals surface area contributed by atoms with Gasteiger partial charge in [0.25, 0.3) is 0 Å². The average Bonchev–Trinajstić information content (AvgIpc) is 2.74. The SMILES string of the molecule is COc1ccccc1C(=O)CSc1ccc(NC(=O)Cc2ccc(Cl)cc2)cc1. The Labute approximate surface area is 179 Å². The molecule has 0 aliphatic rings. The lowest BCUT2D eigenvalue weighted by Gasteiger charge is -2.08. The maximum atomic E-state index is 12.4. The molecule has 1 amide bonds. The van der Waals surface area contributed by atoms with Crippen molar-refractivity contribution >= 4 is 40.7 Å². The summed E-state index contributed by atoms with van der Waals surface area (Å²) in [6.07, 6.45) is 0.279. The van der Waals surface area contributed by atoms with Crippen molar-refractivity contribution in [1.82, 2.24) is 0 Å². The predicted octanol–water partition coefficient (Wildman–Crippen LogP) is 5.50. The van der Waals surface area contributed by atoms with Crippen LogP contribution < -0.4 is 10.1 Å². The van der Waals surface area contributed by atoms with E-state index in [1.807, 2.05) is 48.5 Å². The molecule has 1 N–H and O–H groups in total. The predicted molar refractivity (Wildman–Crippen MR) is 118 cm³/mol. The maximum absolute atomic E-state index is 12.4. The fourth-order valence-electron chi connectivity index (χ4n) is 2.73. The van der Waals surface area contributed by atoms with Crippen molar-refractivity contribution < 1.29 is 14.3 Å². The maximum Gasteiger partial charge on any atom is 0.228 e. The zero-order chi connectivity index (χ0) is 20.6. The number of anilines is 1. The van der Waals surface area contributed by atoms with Crippen LogP contribution in [-0.4, -0.2) is 24.6 Å². The van der Waals surface area contributed by atoms with Gasteiger partial charge in [-0.25, -0.2) is 0 Å². The van der Waals surface area contributed by atoms with Gasteiger partial charge in [0.15, 0.2) is 5.78 Å². The first kappa shape index (κ1) is 21.0. The molecule has 0 saturated heterocycles. The molecule has 6 heteroatoms. The van der Waals surface area contributed by atoms with Crippen LogP contribution in [0, 0.1) is 0 Å². The highest BCUT2D eigenvalue weighted by atomic mass is 35.5. The summed E-state index contributed by atoms with van der Waals surface area (Å²) in [7, 11) is 1.55. The molecule has 0 aliphatic carbocycles. The van der Waals surface area contributed by atoms with E-state index in [0.717, 1.165) is 10.5 Å². The normalized spacial score (nSPS) is 10.4. The minimum absolute atomic E-state index is 0.00722. The summed E-state index contributed by atoms with van der Waals surface area (Å²) in [4.78, 5) is 25.6. The first-order chi connectivity index (χ1) is 14.0. The number of halogens is 1. The van der Waals surface area contributed by atoms with E-state index in [-0.39, 0.29) is 18.1 Å². The number of ether oxygens (including phenoxy) is 1. The van der Waals surface area contributed by atoms with Crippen molar-refractivity contribution in [2.24, 2.45) is 0 Å². The zero-order valence-corrected chi connectivity index (χ0v) is 17.4. The fraction of sp³-hybridized carbons (Fsp3) is 0.130. The number of carbonyl (C=O) groups is 2. The number of ketones is 1. The number of amides is 1. The smallest absolute Gasteiger partial charge is 0.228 e. The van der Waals surface area contributed by atoms with Gasteiger partial charge < -0.3 is 10.1 Å². The van der Waals surface area contributed by atoms with Crippen LogP contribution in [0.15, 0.2) is 77.7 Å². The molecule has 0 saturated carbocycles. The summed E-state index contributed by atoms with van der Waals surface area (Å²) >= 11 is 7.30. The molecule has 29 heavy (non-hydrogen) atoms. The Morgan fingerprint density at radius 2 is 1.66 bits per heavy atom. The van der Waals surface area contributed by atoms with Crippen molar-refractivity contribution in [1.29, 1.82) is 0 Å². The van der Waals surface area contributed by atoms with E-state index in [2.05, 4.69) is 5.32 Å². The highest BCUT2D eigenvalue weighted by Gasteiger charge is 2.12. The number of nitrogens with one attached hydrogen (secondary N) is 1. The van der Waals surface area contributed by atoms with Crippen molar-refractivity contribution in [2.75, 3.05) is 18.2 Å². The molecule has 0 spiro atoms. The summed E-state index contributed by atoms with van der Waals surface area (Å²) in [5, 5.41) is 3.52. The lowest BCUT2D eigenvalue weighted by Crippen LogP contribution is -2.14. The second kappa shape index (κ2) is 10.1. The summed E-state index contributed by atoms with van der Waals surface area (Å²) < 4.78 is 5.24. The van der Waals surface area contributed by atoms with Crippen LogP contribution in [0.4, 0.5) is 5.69 Å². The number of hydrogen-bond donors (Lipinski definition) is 1. The monoisotopic (exact) mass is 425 g/mol. The Balaban J connectivity index is 1.52. The molecular weight excluding hydrogens is 406 g/mol. The van der Waals surface area contributed by atoms with Gasteiger partial charge in [0.1, 0.15) is 5.75 Å². The molecular formula is C23H20ClNO3S. The van der Waals surface area contributed by atoms with Crippen molar-refractivity contribution in [2.45, 2.75) is 11.3 Å². The number of rotatable bonds is 8. The van der Waals surface area contributed by atoms with Crippen molar-refractivity contribution in [3.8, 4) is 5.75 Å². The van der Waals surface area contributed by atoms with Crippen LogP contribution in [0.25, 0.3) is 0 Å². The third-order valence-corrected chi connectivity index (χ3v) is 5.46. The summed E-state index contributed by atoms with van der Waals surface area (Å²) in [6.45, 7) is 0. The van der Waals surface area contributed by atoms with E-state index in [0.29, 0.717) is 27.8 Å². The number of hydrogen-bond acceptors (Lipinski definition) is 4. The van der Waals surface area contributed by atoms with Gasteiger partial charge in [-0.2, -0.15) is 0 Å². The summed E-state index contributed by atoms with van der Waals surface area (Å²) in [5.41, 5.74) is 2.19. The van der Waals surface area contributed by atoms with Gasteiger partial charge in [-0.1, -0.05) is 35.9 Å². The Kier molecular flexibility index (Phi) is 7.33. The van der Waals surface area contributed by atoms with Gasteiger partial charge in [-0.3, -0.25) is 9.59 Å². The van der Waals surface area contributed by atoms with Gasteiger partial charge >= 0.3 is 0 Å². The van der Waals surface area contributed by atoms with Crippen LogP contribution in [0.2, 0.25) is 5.02 Å². The molecule has 3 aromatic carbocycles. The molecule has 0 aromatic heterocycles. The van der Waals surface area contributed by atoms with Gasteiger partial charge in [-0.05, 0) is 54.1 Å². The van der Waals surface area contributed by atoms with Crippen LogP contribution in [0.1, 0.15) is 15.9 Å². The van der Waals surface area contributed by atoms with Gasteiger partial charge in [0.05, 0.1) is 24.8 Å². The minimum atomic E-state index is -0.0981. The van der Waals surface area contributed by atoms with Gasteiger partial charge in [-0.15, -0.1) is 11.8 Å². The van der Waals surface area contributed by atoms with Gasteiger partial charge in [0, 0.05) is 15.6 Å². The molecule has 0 atom stereocenters. The van der Waals surface area contributed by atoms with E-state index in [1.54, 1.807) is 31.4 Å². The minimum Gasteiger partial charge on any atom is -0.496 e. The molecule has 0 heterocycles. The Morgan fingerprint density at radius 1 is 0.966 bits per heavy atom. The zero-order valence-electron chi connectivity index (χ0n) is 15.9. The third-order valence-electron chi connectivity index (χ3n) is 4.19. The van der Waals surface area contributed by atoms with Crippen molar-refractivity contribution in [3.63, 3.8) is 0 Å². The molecule has 3 aromatic rings. The molecule has 0 fully saturated rings. The van der Waals surface area contributed by atoms with Gasteiger partial charge in [0.2, 0.25) is 5.91 Å². The standard InChI is InChI=1S/C23H20ClNO3S/c1-28-22-5-3-2-4-20(22)21(26)15-29-19-12-10-18(11-13-19)25-23(27)14-16-6-8-17(24)9-7-16/h2-13H,14-15H2,1H3,(H,25,27). The van der Waals surface area contributed by atoms with Crippen LogP contribution in [-0.2, 0) is 11.2 Å². The molecule has 148 valence electrons. The van der Waals surface area contributed by atoms with E-state index in [4.69, 9.17) is 16.3 Å². The molecule has 0 unspecified atom stereocenters. The largest absolute Gasteiger partial charge is 0.496 e. The van der Waals surface area contributed by atoms with Crippen LogP contribution in [0.5, 0.6) is 5.75 Å². The number of methoxy groups -OCH3 is 1. The second-order valence-electron chi connectivity index (χ2n) is 6.29. The number of Topliss-reactive ketones (excluding diaryl/α,β-unsaturated/α-hetero) is 1. The highest BCUT2D eigenvalue weighted by Crippen LogP contribution is 2.24. The van der Waals surface area contributed by atoms with Crippen LogP contribution >= 0.6 is 23.4 Å². The average molecular weight is 426 g/mol. The highest BCUT2D eigenvalue weighted by molar-refractivity contribution is 8.00. The Morgan fingerprint density at radius 3 is 2.34 bits per heavy atom. The summed E-state index contributed by atoms with van der Waals surface area (Å²) in [5.74, 6) is 0.798. The third kappa shape index (κ3) is 6.11. The number of carbonyl (C=O) groups excluding carboxylic acids is 2. The molecule has 3 rings (SSSR count). The lowest BCUT2D eigenvalue weighted by atomic mass is 10.1. The molecule has 4 nitrogen and oxygen atoms in total. The van der Waals surface area contributed by atoms with Crippen molar-refractivity contribution in [3.05, 3.63) is 88.9 Å². The van der Waals surface area contributed by atoms with E-state index < -0.39 is 0 Å². The van der Waals surface area contributed by atoms with E-state index in [9.17, 15) is 9.59 Å². The topological polar surface area (TPSA) is 55.4 Å². The Bertz CT molecular complexity index is 988. The molecule has 0 radical (unpaired) electrons. The Hall–Kier alpha value is -2.76. The lowest BCUT2D eigenvalue weighted by molar-refractivity contribution is -0.115. The first-order valence-electron chi connectivity index (χ1n) is 8.98. The summed E-state index contributed by atoms with van der Waals surface area (Å²) in [6, 6.07) is 21.8. The fourth-order valence-corrected chi connectivity index (χ4v) is 3.64. The quantitative estimate of drug-likeness (QED) is 0.382.